The number of nitrogens with one attached hydrogen (secondary N) is 1. The normalized spacial score (nSPS) is 16.7. The molecule has 0 aliphatic carbocycles. The summed E-state index contributed by atoms with van der Waals surface area (Å²) in [6.45, 7) is 4.03. The van der Waals surface area contributed by atoms with Crippen LogP contribution in [-0.2, 0) is 6.42 Å². The maximum Gasteiger partial charge on any atom is 0.265 e. The Kier molecular flexibility index (Phi) is 5.21. The number of para-hydroxylation sites is 1. The van der Waals surface area contributed by atoms with E-state index in [0.29, 0.717) is 5.39 Å². The SMILES string of the molecule is CCCCc1nc2ccccc2c(=O)n1-c1ccc(OC2CCNC2)cc1. The van der Waals surface area contributed by atoms with E-state index in [4.69, 9.17) is 9.72 Å². The number of ether oxygens (including phenoxy) is 1. The number of hydrogen-bond donors (Lipinski definition) is 1. The average Bonchev–Trinajstić information content (AvgIpc) is 3.20. The molecule has 140 valence electrons. The van der Waals surface area contributed by atoms with Gasteiger partial charge in [-0.15, -0.1) is 0 Å². The molecular weight excluding hydrogens is 338 g/mol. The number of rotatable bonds is 6. The Labute approximate surface area is 159 Å². The number of aromatic nitrogens is 2. The summed E-state index contributed by atoms with van der Waals surface area (Å²) < 4.78 is 7.75. The molecule has 0 saturated carbocycles. The summed E-state index contributed by atoms with van der Waals surface area (Å²) in [5.41, 5.74) is 1.58. The van der Waals surface area contributed by atoms with Crippen molar-refractivity contribution in [2.24, 2.45) is 0 Å². The molecule has 1 fully saturated rings. The number of fused-ring (bicyclic) bond motifs is 1. The Morgan fingerprint density at radius 3 is 2.74 bits per heavy atom. The third-order valence-corrected chi connectivity index (χ3v) is 5.01. The summed E-state index contributed by atoms with van der Waals surface area (Å²) in [4.78, 5) is 17.9. The van der Waals surface area contributed by atoms with Crippen molar-refractivity contribution >= 4 is 10.9 Å². The molecule has 0 spiro atoms. The van der Waals surface area contributed by atoms with Crippen LogP contribution in [0.15, 0.2) is 53.3 Å². The zero-order valence-corrected chi connectivity index (χ0v) is 15.6. The second-order valence-electron chi connectivity index (χ2n) is 7.02. The lowest BCUT2D eigenvalue weighted by Gasteiger charge is -2.15. The van der Waals surface area contributed by atoms with Gasteiger partial charge in [0.1, 0.15) is 17.7 Å². The first-order chi connectivity index (χ1) is 13.3. The predicted molar refractivity (Wildman–Crippen MR) is 108 cm³/mol. The van der Waals surface area contributed by atoms with Crippen molar-refractivity contribution in [1.29, 1.82) is 0 Å². The lowest BCUT2D eigenvalue weighted by Crippen LogP contribution is -2.24. The van der Waals surface area contributed by atoms with Crippen LogP contribution < -0.4 is 15.6 Å². The second-order valence-corrected chi connectivity index (χ2v) is 7.02. The molecule has 1 saturated heterocycles. The minimum Gasteiger partial charge on any atom is -0.489 e. The van der Waals surface area contributed by atoms with E-state index in [1.807, 2.05) is 48.5 Å². The zero-order valence-electron chi connectivity index (χ0n) is 15.6. The van der Waals surface area contributed by atoms with E-state index in [1.165, 1.54) is 0 Å². The molecule has 0 radical (unpaired) electrons. The van der Waals surface area contributed by atoms with Crippen LogP contribution >= 0.6 is 0 Å². The number of aryl methyl sites for hydroxylation is 1. The fraction of sp³-hybridized carbons (Fsp3) is 0.364. The molecule has 5 nitrogen and oxygen atoms in total. The first kappa shape index (κ1) is 17.7. The Hall–Kier alpha value is -2.66. The largest absolute Gasteiger partial charge is 0.489 e. The molecule has 1 aliphatic heterocycles. The van der Waals surface area contributed by atoms with Gasteiger partial charge in [-0.3, -0.25) is 9.36 Å². The Balaban J connectivity index is 1.72. The first-order valence-electron chi connectivity index (χ1n) is 9.74. The summed E-state index contributed by atoms with van der Waals surface area (Å²) in [5, 5.41) is 3.95. The van der Waals surface area contributed by atoms with E-state index in [2.05, 4.69) is 12.2 Å². The molecule has 0 bridgehead atoms. The Morgan fingerprint density at radius 2 is 2.00 bits per heavy atom. The molecule has 0 amide bonds. The molecule has 3 aromatic rings. The van der Waals surface area contributed by atoms with Crippen LogP contribution in [0.3, 0.4) is 0 Å². The summed E-state index contributed by atoms with van der Waals surface area (Å²) in [5.74, 6) is 1.65. The van der Waals surface area contributed by atoms with Gasteiger partial charge in [0.15, 0.2) is 0 Å². The Morgan fingerprint density at radius 1 is 1.19 bits per heavy atom. The highest BCUT2D eigenvalue weighted by atomic mass is 16.5. The third-order valence-electron chi connectivity index (χ3n) is 5.01. The van der Waals surface area contributed by atoms with Crippen LogP contribution in [0, 0.1) is 0 Å². The van der Waals surface area contributed by atoms with E-state index in [0.717, 1.165) is 61.6 Å². The van der Waals surface area contributed by atoms with Crippen LogP contribution in [-0.4, -0.2) is 28.7 Å². The topological polar surface area (TPSA) is 56.2 Å². The van der Waals surface area contributed by atoms with Crippen molar-refractivity contribution in [3.05, 3.63) is 64.7 Å². The highest BCUT2D eigenvalue weighted by Crippen LogP contribution is 2.20. The van der Waals surface area contributed by atoms with Gasteiger partial charge >= 0.3 is 0 Å². The smallest absolute Gasteiger partial charge is 0.265 e. The fourth-order valence-electron chi connectivity index (χ4n) is 3.54. The van der Waals surface area contributed by atoms with Crippen LogP contribution in [0.2, 0.25) is 0 Å². The van der Waals surface area contributed by atoms with E-state index in [-0.39, 0.29) is 11.7 Å². The zero-order chi connectivity index (χ0) is 18.6. The van der Waals surface area contributed by atoms with Crippen molar-refractivity contribution in [3.63, 3.8) is 0 Å². The van der Waals surface area contributed by atoms with E-state index < -0.39 is 0 Å². The number of nitrogens with zero attached hydrogens (tertiary/aromatic N) is 2. The molecule has 4 rings (SSSR count). The molecule has 5 heteroatoms. The maximum atomic E-state index is 13.2. The van der Waals surface area contributed by atoms with Crippen molar-refractivity contribution in [3.8, 4) is 11.4 Å². The summed E-state index contributed by atoms with van der Waals surface area (Å²) in [6, 6.07) is 15.3. The van der Waals surface area contributed by atoms with Gasteiger partial charge in [0, 0.05) is 13.0 Å². The van der Waals surface area contributed by atoms with E-state index >= 15 is 0 Å². The molecule has 1 unspecified atom stereocenters. The highest BCUT2D eigenvalue weighted by molar-refractivity contribution is 5.77. The minimum atomic E-state index is -0.0136. The fourth-order valence-corrected chi connectivity index (χ4v) is 3.54. The predicted octanol–water partition coefficient (Wildman–Crippen LogP) is 3.47. The summed E-state index contributed by atoms with van der Waals surface area (Å²) in [7, 11) is 0. The van der Waals surface area contributed by atoms with Crippen molar-refractivity contribution < 1.29 is 4.74 Å². The quantitative estimate of drug-likeness (QED) is 0.729. The minimum absolute atomic E-state index is 0.0136. The van der Waals surface area contributed by atoms with Gasteiger partial charge in [0.05, 0.1) is 16.6 Å². The van der Waals surface area contributed by atoms with Gasteiger partial charge in [-0.05, 0) is 55.8 Å². The molecule has 1 N–H and O–H groups in total. The van der Waals surface area contributed by atoms with Crippen LogP contribution in [0.5, 0.6) is 5.75 Å². The average molecular weight is 363 g/mol. The van der Waals surface area contributed by atoms with Gasteiger partial charge < -0.3 is 10.1 Å². The third kappa shape index (κ3) is 3.74. The van der Waals surface area contributed by atoms with Gasteiger partial charge in [0.25, 0.3) is 5.56 Å². The van der Waals surface area contributed by atoms with E-state index in [9.17, 15) is 4.79 Å². The van der Waals surface area contributed by atoms with E-state index in [1.54, 1.807) is 4.57 Å². The second kappa shape index (κ2) is 7.92. The molecule has 27 heavy (non-hydrogen) atoms. The lowest BCUT2D eigenvalue weighted by atomic mass is 10.2. The number of hydrogen-bond acceptors (Lipinski definition) is 4. The summed E-state index contributed by atoms with van der Waals surface area (Å²) in [6.07, 6.45) is 4.09. The van der Waals surface area contributed by atoms with Crippen LogP contribution in [0.4, 0.5) is 0 Å². The highest BCUT2D eigenvalue weighted by Gasteiger charge is 2.16. The number of benzene rings is 2. The van der Waals surface area contributed by atoms with Crippen molar-refractivity contribution in [2.75, 3.05) is 13.1 Å². The van der Waals surface area contributed by atoms with Crippen LogP contribution in [0.1, 0.15) is 32.0 Å². The lowest BCUT2D eigenvalue weighted by molar-refractivity contribution is 0.223. The molecule has 1 aromatic heterocycles. The van der Waals surface area contributed by atoms with Crippen molar-refractivity contribution in [1.82, 2.24) is 14.9 Å². The van der Waals surface area contributed by atoms with Crippen molar-refractivity contribution in [2.45, 2.75) is 38.7 Å². The monoisotopic (exact) mass is 363 g/mol. The van der Waals surface area contributed by atoms with Gasteiger partial charge in [-0.1, -0.05) is 25.5 Å². The van der Waals surface area contributed by atoms with Gasteiger partial charge in [0.2, 0.25) is 0 Å². The van der Waals surface area contributed by atoms with Crippen LogP contribution in [0.25, 0.3) is 16.6 Å². The maximum absolute atomic E-state index is 13.2. The van der Waals surface area contributed by atoms with Gasteiger partial charge in [-0.25, -0.2) is 4.98 Å². The molecule has 1 aliphatic rings. The first-order valence-corrected chi connectivity index (χ1v) is 9.74. The molecule has 1 atom stereocenters. The summed E-state index contributed by atoms with van der Waals surface area (Å²) >= 11 is 0. The molecule has 2 aromatic carbocycles. The molecular formula is C22H25N3O2. The van der Waals surface area contributed by atoms with Gasteiger partial charge in [-0.2, -0.15) is 0 Å². The standard InChI is InChI=1S/C22H25N3O2/c1-2-3-8-21-24-20-7-5-4-6-19(20)22(26)25(21)16-9-11-17(12-10-16)27-18-13-14-23-15-18/h4-7,9-12,18,23H,2-3,8,13-15H2,1H3. The molecule has 2 heterocycles. The Bertz CT molecular complexity index is 973. The number of unbranched alkanes of at least 4 members (excludes halogenated alkanes) is 1.